The van der Waals surface area contributed by atoms with Crippen LogP contribution in [-0.2, 0) is 11.8 Å². The van der Waals surface area contributed by atoms with Gasteiger partial charge in [0.05, 0.1) is 5.56 Å². The highest BCUT2D eigenvalue weighted by Crippen LogP contribution is 2.43. The van der Waals surface area contributed by atoms with Crippen molar-refractivity contribution in [3.63, 3.8) is 0 Å². The molecule has 0 radical (unpaired) electrons. The fourth-order valence-corrected chi connectivity index (χ4v) is 4.64. The molecule has 2 aromatic carbocycles. The lowest BCUT2D eigenvalue weighted by Crippen LogP contribution is -2.21. The molecule has 3 heteroatoms. The van der Waals surface area contributed by atoms with Gasteiger partial charge in [-0.25, -0.2) is 4.79 Å². The van der Waals surface area contributed by atoms with Crippen LogP contribution in [0.2, 0.25) is 0 Å². The zero-order chi connectivity index (χ0) is 20.3. The van der Waals surface area contributed by atoms with E-state index in [-0.39, 0.29) is 5.41 Å². The molecule has 0 aromatic heterocycles. The maximum absolute atomic E-state index is 11.6. The van der Waals surface area contributed by atoms with Crippen molar-refractivity contribution in [3.8, 4) is 0 Å². The van der Waals surface area contributed by atoms with Crippen molar-refractivity contribution >= 4 is 34.8 Å². The number of carboxylic acids is 1. The number of fused-ring (bicyclic) bond motifs is 1. The van der Waals surface area contributed by atoms with E-state index in [9.17, 15) is 9.90 Å². The molecule has 0 saturated carbocycles. The Balaban J connectivity index is 2.03. The van der Waals surface area contributed by atoms with Gasteiger partial charge in [-0.05, 0) is 64.0 Å². The molecule has 0 fully saturated rings. The van der Waals surface area contributed by atoms with Crippen molar-refractivity contribution in [2.45, 2.75) is 46.0 Å². The van der Waals surface area contributed by atoms with Crippen LogP contribution in [0.4, 0.5) is 0 Å². The summed E-state index contributed by atoms with van der Waals surface area (Å²) in [5.41, 5.74) is 6.15. The van der Waals surface area contributed by atoms with Crippen LogP contribution in [0.3, 0.4) is 0 Å². The average molecular weight is 393 g/mol. The summed E-state index contributed by atoms with van der Waals surface area (Å²) in [7, 11) is 0. The minimum absolute atomic E-state index is 0.140. The van der Waals surface area contributed by atoms with Gasteiger partial charge < -0.3 is 5.11 Å². The Kier molecular flexibility index (Phi) is 6.14. The van der Waals surface area contributed by atoms with Crippen LogP contribution in [0.15, 0.2) is 42.5 Å². The van der Waals surface area contributed by atoms with Crippen LogP contribution >= 0.6 is 11.8 Å². The van der Waals surface area contributed by atoms with Crippen molar-refractivity contribution in [2.24, 2.45) is 0 Å². The monoisotopic (exact) mass is 392 g/mol. The number of carbonyl (C=O) groups is 1. The van der Waals surface area contributed by atoms with Gasteiger partial charge in [-0.2, -0.15) is 0 Å². The number of rotatable bonds is 6. The zero-order valence-corrected chi connectivity index (χ0v) is 17.9. The molecule has 0 bridgehead atoms. The molecule has 1 aliphatic rings. The van der Waals surface area contributed by atoms with E-state index >= 15 is 0 Å². The van der Waals surface area contributed by atoms with E-state index < -0.39 is 5.97 Å². The molecule has 0 spiro atoms. The van der Waals surface area contributed by atoms with Crippen LogP contribution in [0.1, 0.15) is 72.3 Å². The zero-order valence-electron chi connectivity index (χ0n) is 17.1. The maximum atomic E-state index is 11.6. The quantitative estimate of drug-likeness (QED) is 0.544. The van der Waals surface area contributed by atoms with Crippen molar-refractivity contribution < 1.29 is 9.90 Å². The third-order valence-electron chi connectivity index (χ3n) is 5.39. The fraction of sp³-hybridized carbons (Fsp3) is 0.320. The fourth-order valence-electron chi connectivity index (χ4n) is 3.80. The Hall–Kier alpha value is -2.26. The average Bonchev–Trinajstić information content (AvgIpc) is 2.68. The van der Waals surface area contributed by atoms with Crippen LogP contribution in [0, 0.1) is 0 Å². The van der Waals surface area contributed by atoms with E-state index in [1.54, 1.807) is 6.07 Å². The molecule has 3 rings (SSSR count). The summed E-state index contributed by atoms with van der Waals surface area (Å²) in [4.78, 5) is 13.0. The summed E-state index contributed by atoms with van der Waals surface area (Å²) in [6.45, 7) is 8.83. The second-order valence-corrected chi connectivity index (χ2v) is 9.07. The molecule has 0 amide bonds. The van der Waals surface area contributed by atoms with E-state index in [1.165, 1.54) is 16.0 Å². The Morgan fingerprint density at radius 1 is 1.18 bits per heavy atom. The van der Waals surface area contributed by atoms with Gasteiger partial charge in [0.1, 0.15) is 0 Å². The van der Waals surface area contributed by atoms with Gasteiger partial charge in [-0.1, -0.05) is 70.2 Å². The molecule has 1 aliphatic carbocycles. The number of aromatic carboxylic acids is 1. The number of thioether (sulfide) groups is 1. The largest absolute Gasteiger partial charge is 0.478 e. The number of allylic oxidation sites excluding steroid dienone is 1. The second-order valence-electron chi connectivity index (χ2n) is 7.76. The van der Waals surface area contributed by atoms with E-state index in [4.69, 9.17) is 0 Å². The van der Waals surface area contributed by atoms with Crippen molar-refractivity contribution in [2.75, 3.05) is 5.75 Å². The first-order valence-corrected chi connectivity index (χ1v) is 10.9. The molecule has 0 saturated heterocycles. The number of aryl methyl sites for hydroxylation is 1. The lowest BCUT2D eigenvalue weighted by molar-refractivity contribution is 0.0696. The van der Waals surface area contributed by atoms with Crippen LogP contribution in [0.25, 0.3) is 17.1 Å². The summed E-state index contributed by atoms with van der Waals surface area (Å²) in [5, 5.41) is 9.55. The first kappa shape index (κ1) is 20.5. The van der Waals surface area contributed by atoms with Gasteiger partial charge in [-0.3, -0.25) is 0 Å². The molecule has 2 aromatic rings. The summed E-state index contributed by atoms with van der Waals surface area (Å²) < 4.78 is 0. The molecule has 28 heavy (non-hydrogen) atoms. The van der Waals surface area contributed by atoms with E-state index in [0.29, 0.717) is 5.56 Å². The standard InChI is InChI=1S/C25H28O2S/c1-5-18-8-7-9-20(24(26)27)19(18)12-10-17-11-13-22-21(16-17)23(28-6-2)14-15-25(22,3)4/h7-14,16H,5-6,15H2,1-4H3,(H,26,27)/b12-10+. The Labute approximate surface area is 172 Å². The van der Waals surface area contributed by atoms with E-state index in [1.807, 2.05) is 36.0 Å². The molecular formula is C25H28O2S. The summed E-state index contributed by atoms with van der Waals surface area (Å²) in [6.07, 6.45) is 8.22. The smallest absolute Gasteiger partial charge is 0.336 e. The molecule has 2 nitrogen and oxygen atoms in total. The third-order valence-corrected chi connectivity index (χ3v) is 6.37. The van der Waals surface area contributed by atoms with E-state index in [0.717, 1.165) is 35.3 Å². The van der Waals surface area contributed by atoms with Gasteiger partial charge >= 0.3 is 5.97 Å². The van der Waals surface area contributed by atoms with Crippen molar-refractivity contribution in [1.82, 2.24) is 0 Å². The van der Waals surface area contributed by atoms with Crippen LogP contribution in [0.5, 0.6) is 0 Å². The molecule has 0 unspecified atom stereocenters. The maximum Gasteiger partial charge on any atom is 0.336 e. The first-order valence-electron chi connectivity index (χ1n) is 9.88. The SMILES string of the molecule is CCSC1=CCC(C)(C)c2ccc(/C=C/c3c(CC)cccc3C(=O)O)cc21. The molecule has 1 N–H and O–H groups in total. The van der Waals surface area contributed by atoms with Gasteiger partial charge in [0, 0.05) is 4.91 Å². The normalized spacial score (nSPS) is 15.4. The highest BCUT2D eigenvalue weighted by atomic mass is 32.2. The predicted molar refractivity (Wildman–Crippen MR) is 122 cm³/mol. The van der Waals surface area contributed by atoms with E-state index in [2.05, 4.69) is 52.0 Å². The molecule has 0 heterocycles. The topological polar surface area (TPSA) is 37.3 Å². The highest BCUT2D eigenvalue weighted by Gasteiger charge is 2.28. The number of hydrogen-bond acceptors (Lipinski definition) is 2. The molecule has 146 valence electrons. The molecule has 0 atom stereocenters. The summed E-state index contributed by atoms with van der Waals surface area (Å²) >= 11 is 1.89. The molecular weight excluding hydrogens is 364 g/mol. The number of benzene rings is 2. The van der Waals surface area contributed by atoms with Crippen LogP contribution in [-0.4, -0.2) is 16.8 Å². The second kappa shape index (κ2) is 8.40. The summed E-state index contributed by atoms with van der Waals surface area (Å²) in [6, 6.07) is 12.1. The molecule has 0 aliphatic heterocycles. The minimum Gasteiger partial charge on any atom is -0.478 e. The van der Waals surface area contributed by atoms with Crippen molar-refractivity contribution in [3.05, 3.63) is 75.9 Å². The Morgan fingerprint density at radius 3 is 2.64 bits per heavy atom. The Morgan fingerprint density at radius 2 is 1.96 bits per heavy atom. The van der Waals surface area contributed by atoms with Gasteiger partial charge in [0.2, 0.25) is 0 Å². The number of hydrogen-bond donors (Lipinski definition) is 1. The third kappa shape index (κ3) is 4.10. The summed E-state index contributed by atoms with van der Waals surface area (Å²) in [5.74, 6) is 0.171. The minimum atomic E-state index is -0.883. The van der Waals surface area contributed by atoms with Crippen molar-refractivity contribution in [1.29, 1.82) is 0 Å². The highest BCUT2D eigenvalue weighted by molar-refractivity contribution is 8.08. The Bertz CT molecular complexity index is 951. The van der Waals surface area contributed by atoms with Crippen LogP contribution < -0.4 is 0 Å². The lowest BCUT2D eigenvalue weighted by atomic mass is 9.75. The number of carboxylic acid groups (broad SMARTS) is 1. The predicted octanol–water partition coefficient (Wildman–Crippen LogP) is 6.89. The van der Waals surface area contributed by atoms with Gasteiger partial charge in [-0.15, -0.1) is 11.8 Å². The van der Waals surface area contributed by atoms with Gasteiger partial charge in [0.25, 0.3) is 0 Å². The first-order chi connectivity index (χ1) is 13.4. The lowest BCUT2D eigenvalue weighted by Gasteiger charge is -2.32. The van der Waals surface area contributed by atoms with Gasteiger partial charge in [0.15, 0.2) is 0 Å².